The first-order valence-corrected chi connectivity index (χ1v) is 8.49. The van der Waals surface area contributed by atoms with Crippen LogP contribution in [-0.4, -0.2) is 46.8 Å². The maximum atomic E-state index is 12.0. The highest BCUT2D eigenvalue weighted by Crippen LogP contribution is 2.16. The van der Waals surface area contributed by atoms with Crippen molar-refractivity contribution < 1.29 is 14.3 Å². The molecule has 2 amide bonds. The van der Waals surface area contributed by atoms with Crippen LogP contribution in [0.3, 0.4) is 0 Å². The lowest BCUT2D eigenvalue weighted by Gasteiger charge is -2.10. The Hall–Kier alpha value is -2.74. The molecule has 140 valence electrons. The Bertz CT molecular complexity index is 757. The number of carbonyl (C=O) groups is 2. The second-order valence-corrected chi connectivity index (χ2v) is 6.08. The summed E-state index contributed by atoms with van der Waals surface area (Å²) in [6.45, 7) is 5.52. The van der Waals surface area contributed by atoms with Gasteiger partial charge in [0.05, 0.1) is 6.61 Å². The molecular formula is C18H25N5O3. The van der Waals surface area contributed by atoms with Crippen LogP contribution in [0, 0.1) is 13.8 Å². The Morgan fingerprint density at radius 1 is 1.23 bits per heavy atom. The topological polar surface area (TPSA) is 98.1 Å². The molecule has 0 saturated heterocycles. The van der Waals surface area contributed by atoms with Gasteiger partial charge in [0.25, 0.3) is 0 Å². The third-order valence-electron chi connectivity index (χ3n) is 3.88. The molecule has 0 fully saturated rings. The molecule has 2 aromatic rings. The number of nitrogens with one attached hydrogen (secondary N) is 2. The molecule has 0 spiro atoms. The predicted molar refractivity (Wildman–Crippen MR) is 97.8 cm³/mol. The number of carbonyl (C=O) groups excluding carboxylic acids is 2. The summed E-state index contributed by atoms with van der Waals surface area (Å²) < 4.78 is 6.91. The zero-order chi connectivity index (χ0) is 18.9. The Labute approximate surface area is 153 Å². The molecule has 0 bridgehead atoms. The van der Waals surface area contributed by atoms with E-state index in [9.17, 15) is 9.59 Å². The van der Waals surface area contributed by atoms with E-state index >= 15 is 0 Å². The van der Waals surface area contributed by atoms with E-state index in [-0.39, 0.29) is 18.2 Å². The third kappa shape index (κ3) is 5.96. The molecule has 1 heterocycles. The lowest BCUT2D eigenvalue weighted by Crippen LogP contribution is -2.30. The van der Waals surface area contributed by atoms with Crippen molar-refractivity contribution in [2.24, 2.45) is 0 Å². The molecule has 0 aliphatic heterocycles. The van der Waals surface area contributed by atoms with Crippen molar-refractivity contribution >= 4 is 17.5 Å². The minimum Gasteiger partial charge on any atom is -0.383 e. The van der Waals surface area contributed by atoms with E-state index in [1.54, 1.807) is 13.4 Å². The van der Waals surface area contributed by atoms with E-state index in [1.807, 2.05) is 36.6 Å². The zero-order valence-electron chi connectivity index (χ0n) is 15.4. The number of benzene rings is 1. The minimum atomic E-state index is -0.335. The van der Waals surface area contributed by atoms with Crippen LogP contribution in [-0.2, 0) is 27.3 Å². The van der Waals surface area contributed by atoms with Crippen molar-refractivity contribution in [3.05, 3.63) is 41.5 Å². The number of ether oxygens (including phenoxy) is 1. The highest BCUT2D eigenvalue weighted by molar-refractivity contribution is 6.03. The zero-order valence-corrected chi connectivity index (χ0v) is 15.4. The number of rotatable bonds is 9. The van der Waals surface area contributed by atoms with Gasteiger partial charge < -0.3 is 19.9 Å². The molecule has 8 nitrogen and oxygen atoms in total. The van der Waals surface area contributed by atoms with Gasteiger partial charge in [0, 0.05) is 32.3 Å². The quantitative estimate of drug-likeness (QED) is 0.656. The Morgan fingerprint density at radius 2 is 2.04 bits per heavy atom. The van der Waals surface area contributed by atoms with E-state index in [4.69, 9.17) is 4.74 Å². The molecule has 0 aliphatic rings. The molecule has 2 rings (SSSR count). The second-order valence-electron chi connectivity index (χ2n) is 6.08. The largest absolute Gasteiger partial charge is 0.383 e. The number of hydrogen-bond acceptors (Lipinski definition) is 5. The molecule has 2 N–H and O–H groups in total. The summed E-state index contributed by atoms with van der Waals surface area (Å²) >= 11 is 0. The van der Waals surface area contributed by atoms with Gasteiger partial charge in [-0.1, -0.05) is 17.7 Å². The molecule has 1 aromatic carbocycles. The highest BCUT2D eigenvalue weighted by Gasteiger charge is 2.11. The van der Waals surface area contributed by atoms with E-state index in [0.717, 1.165) is 22.6 Å². The van der Waals surface area contributed by atoms with Gasteiger partial charge in [-0.25, -0.2) is 0 Å². The Kier molecular flexibility index (Phi) is 7.28. The van der Waals surface area contributed by atoms with Crippen LogP contribution in [0.25, 0.3) is 0 Å². The molecule has 0 atom stereocenters. The van der Waals surface area contributed by atoms with E-state index in [0.29, 0.717) is 26.1 Å². The lowest BCUT2D eigenvalue weighted by molar-refractivity contribution is -0.126. The number of methoxy groups -OCH3 is 1. The van der Waals surface area contributed by atoms with Gasteiger partial charge in [-0.2, -0.15) is 0 Å². The summed E-state index contributed by atoms with van der Waals surface area (Å²) in [4.78, 5) is 23.9. The number of hydrogen-bond donors (Lipinski definition) is 2. The lowest BCUT2D eigenvalue weighted by atomic mass is 10.1. The SMILES string of the molecule is COCCn1cnnc1CCNC(=O)CC(=O)Nc1ccc(C)cc1C. The molecule has 0 radical (unpaired) electrons. The number of nitrogens with zero attached hydrogens (tertiary/aromatic N) is 3. The van der Waals surface area contributed by atoms with Crippen LogP contribution in [0.5, 0.6) is 0 Å². The molecule has 0 aliphatic carbocycles. The fraction of sp³-hybridized carbons (Fsp3) is 0.444. The van der Waals surface area contributed by atoms with Crippen molar-refractivity contribution in [1.29, 1.82) is 0 Å². The molecule has 0 saturated carbocycles. The van der Waals surface area contributed by atoms with Crippen molar-refractivity contribution in [2.45, 2.75) is 33.2 Å². The number of amides is 2. The van der Waals surface area contributed by atoms with E-state index in [2.05, 4.69) is 20.8 Å². The van der Waals surface area contributed by atoms with Crippen molar-refractivity contribution in [1.82, 2.24) is 20.1 Å². The predicted octanol–water partition coefficient (Wildman–Crippen LogP) is 1.23. The molecule has 1 aromatic heterocycles. The fourth-order valence-electron chi connectivity index (χ4n) is 2.52. The van der Waals surface area contributed by atoms with Crippen molar-refractivity contribution in [2.75, 3.05) is 25.6 Å². The summed E-state index contributed by atoms with van der Waals surface area (Å²) in [6.07, 6.45) is 1.95. The Morgan fingerprint density at radius 3 is 2.77 bits per heavy atom. The molecule has 0 unspecified atom stereocenters. The van der Waals surface area contributed by atoms with Gasteiger partial charge in [-0.05, 0) is 25.5 Å². The van der Waals surface area contributed by atoms with Crippen molar-refractivity contribution in [3.63, 3.8) is 0 Å². The van der Waals surface area contributed by atoms with Crippen LogP contribution in [0.15, 0.2) is 24.5 Å². The maximum absolute atomic E-state index is 12.0. The van der Waals surface area contributed by atoms with E-state index < -0.39 is 0 Å². The summed E-state index contributed by atoms with van der Waals surface area (Å²) in [6, 6.07) is 5.74. The van der Waals surface area contributed by atoms with E-state index in [1.165, 1.54) is 0 Å². The number of anilines is 1. The minimum absolute atomic E-state index is 0.219. The van der Waals surface area contributed by atoms with Crippen LogP contribution < -0.4 is 10.6 Å². The summed E-state index contributed by atoms with van der Waals surface area (Å²) in [5.74, 6) is 0.106. The summed E-state index contributed by atoms with van der Waals surface area (Å²) in [5.41, 5.74) is 2.81. The van der Waals surface area contributed by atoms with Gasteiger partial charge in [0.1, 0.15) is 18.6 Å². The average Bonchev–Trinajstić information content (AvgIpc) is 3.03. The molecular weight excluding hydrogens is 334 g/mol. The van der Waals surface area contributed by atoms with Gasteiger partial charge in [0.2, 0.25) is 11.8 Å². The van der Waals surface area contributed by atoms with Crippen LogP contribution >= 0.6 is 0 Å². The first-order valence-electron chi connectivity index (χ1n) is 8.49. The van der Waals surface area contributed by atoms with Crippen LogP contribution in [0.2, 0.25) is 0 Å². The first kappa shape index (κ1) is 19.6. The first-order chi connectivity index (χ1) is 12.5. The molecule has 8 heteroatoms. The molecule has 26 heavy (non-hydrogen) atoms. The second kappa shape index (κ2) is 9.67. The summed E-state index contributed by atoms with van der Waals surface area (Å²) in [7, 11) is 1.63. The third-order valence-corrected chi connectivity index (χ3v) is 3.88. The van der Waals surface area contributed by atoms with Gasteiger partial charge in [-0.3, -0.25) is 9.59 Å². The van der Waals surface area contributed by atoms with Crippen LogP contribution in [0.1, 0.15) is 23.4 Å². The van der Waals surface area contributed by atoms with Gasteiger partial charge >= 0.3 is 0 Å². The number of aromatic nitrogens is 3. The standard InChI is InChI=1S/C18H25N5O3/c1-13-4-5-15(14(2)10-13)21-18(25)11-17(24)19-7-6-16-22-20-12-23(16)8-9-26-3/h4-5,10,12H,6-9,11H2,1-3H3,(H,19,24)(H,21,25). The average molecular weight is 359 g/mol. The maximum Gasteiger partial charge on any atom is 0.233 e. The van der Waals surface area contributed by atoms with Gasteiger partial charge in [-0.15, -0.1) is 10.2 Å². The van der Waals surface area contributed by atoms with Crippen molar-refractivity contribution in [3.8, 4) is 0 Å². The normalized spacial score (nSPS) is 10.6. The van der Waals surface area contributed by atoms with Gasteiger partial charge in [0.15, 0.2) is 0 Å². The fourth-order valence-corrected chi connectivity index (χ4v) is 2.52. The van der Waals surface area contributed by atoms with Crippen LogP contribution in [0.4, 0.5) is 5.69 Å². The summed E-state index contributed by atoms with van der Waals surface area (Å²) in [5, 5.41) is 13.4. The smallest absolute Gasteiger partial charge is 0.233 e. The Balaban J connectivity index is 1.74. The number of aryl methyl sites for hydroxylation is 2. The monoisotopic (exact) mass is 359 g/mol. The highest BCUT2D eigenvalue weighted by atomic mass is 16.5.